The van der Waals surface area contributed by atoms with E-state index in [1.165, 1.54) is 34.9 Å². The van der Waals surface area contributed by atoms with Gasteiger partial charge in [-0.25, -0.2) is 8.78 Å². The van der Waals surface area contributed by atoms with Crippen LogP contribution in [-0.4, -0.2) is 0 Å². The smallest absolute Gasteiger partial charge is 0.146 e. The van der Waals surface area contributed by atoms with Crippen LogP contribution in [0.25, 0.3) is 22.3 Å². The molecule has 0 saturated carbocycles. The summed E-state index contributed by atoms with van der Waals surface area (Å²) in [7, 11) is 0. The van der Waals surface area contributed by atoms with Crippen molar-refractivity contribution in [3.8, 4) is 22.3 Å². The zero-order chi connectivity index (χ0) is 20.9. The lowest BCUT2D eigenvalue weighted by Crippen LogP contribution is -2.14. The molecular formula is C27H21F2N. The van der Waals surface area contributed by atoms with Crippen LogP contribution in [0.3, 0.4) is 0 Å². The molecule has 0 unspecified atom stereocenters. The molecule has 0 amide bonds. The average molecular weight is 397 g/mol. The summed E-state index contributed by atoms with van der Waals surface area (Å²) in [5.74, 6) is -0.621. The molecule has 0 radical (unpaired) electrons. The zero-order valence-electron chi connectivity index (χ0n) is 16.8. The Balaban J connectivity index is 1.60. The van der Waals surface area contributed by atoms with E-state index >= 15 is 0 Å². The van der Waals surface area contributed by atoms with E-state index < -0.39 is 0 Å². The third-order valence-electron chi connectivity index (χ3n) is 6.02. The lowest BCUT2D eigenvalue weighted by atomic mass is 9.82. The van der Waals surface area contributed by atoms with E-state index in [4.69, 9.17) is 0 Å². The van der Waals surface area contributed by atoms with Gasteiger partial charge in [-0.05, 0) is 58.1 Å². The van der Waals surface area contributed by atoms with Crippen LogP contribution in [0.2, 0.25) is 0 Å². The van der Waals surface area contributed by atoms with Crippen LogP contribution in [0, 0.1) is 11.6 Å². The van der Waals surface area contributed by atoms with Gasteiger partial charge in [-0.1, -0.05) is 68.4 Å². The molecular weight excluding hydrogens is 376 g/mol. The van der Waals surface area contributed by atoms with Crippen molar-refractivity contribution in [1.82, 2.24) is 0 Å². The van der Waals surface area contributed by atoms with E-state index in [2.05, 4.69) is 43.4 Å². The Hall–Kier alpha value is -3.46. The Morgan fingerprint density at radius 1 is 0.667 bits per heavy atom. The lowest BCUT2D eigenvalue weighted by molar-refractivity contribution is 0.628. The maximum atomic E-state index is 14.7. The quantitative estimate of drug-likeness (QED) is 0.374. The van der Waals surface area contributed by atoms with Gasteiger partial charge >= 0.3 is 0 Å². The molecule has 0 heterocycles. The van der Waals surface area contributed by atoms with E-state index in [1.807, 2.05) is 18.2 Å². The number of hydrogen-bond donors (Lipinski definition) is 1. The number of anilines is 2. The van der Waals surface area contributed by atoms with Crippen LogP contribution in [0.15, 0.2) is 84.9 Å². The predicted molar refractivity (Wildman–Crippen MR) is 119 cm³/mol. The molecule has 0 saturated heterocycles. The second-order valence-electron chi connectivity index (χ2n) is 8.23. The third kappa shape index (κ3) is 2.89. The molecule has 0 aromatic heterocycles. The van der Waals surface area contributed by atoms with Crippen LogP contribution in [-0.2, 0) is 5.41 Å². The van der Waals surface area contributed by atoms with Crippen LogP contribution < -0.4 is 5.32 Å². The van der Waals surface area contributed by atoms with Gasteiger partial charge in [0.15, 0.2) is 0 Å². The summed E-state index contributed by atoms with van der Waals surface area (Å²) < 4.78 is 28.0. The van der Waals surface area contributed by atoms with E-state index in [-0.39, 0.29) is 17.0 Å². The van der Waals surface area contributed by atoms with E-state index in [0.29, 0.717) is 5.69 Å². The van der Waals surface area contributed by atoms with Crippen LogP contribution >= 0.6 is 0 Å². The molecule has 4 aromatic rings. The minimum atomic E-state index is -0.330. The maximum Gasteiger partial charge on any atom is 0.146 e. The number of benzene rings is 4. The highest BCUT2D eigenvalue weighted by Gasteiger charge is 2.36. The first kappa shape index (κ1) is 18.6. The number of hydrogen-bond acceptors (Lipinski definition) is 1. The van der Waals surface area contributed by atoms with Gasteiger partial charge in [-0.15, -0.1) is 0 Å². The second-order valence-corrected chi connectivity index (χ2v) is 8.23. The van der Waals surface area contributed by atoms with Crippen molar-refractivity contribution in [3.05, 3.63) is 108 Å². The summed E-state index contributed by atoms with van der Waals surface area (Å²) in [6.45, 7) is 4.44. The molecule has 1 nitrogen and oxygen atoms in total. The molecule has 1 aliphatic carbocycles. The first-order valence-corrected chi connectivity index (χ1v) is 10.0. The summed E-state index contributed by atoms with van der Waals surface area (Å²) in [6, 6.07) is 25.7. The Labute approximate surface area is 175 Å². The van der Waals surface area contributed by atoms with E-state index in [0.717, 1.165) is 22.4 Å². The number of nitrogens with one attached hydrogen (secondary N) is 1. The van der Waals surface area contributed by atoms with Crippen molar-refractivity contribution in [2.45, 2.75) is 19.3 Å². The third-order valence-corrected chi connectivity index (χ3v) is 6.02. The summed E-state index contributed by atoms with van der Waals surface area (Å²) >= 11 is 0. The highest BCUT2D eigenvalue weighted by atomic mass is 19.1. The van der Waals surface area contributed by atoms with Crippen LogP contribution in [0.4, 0.5) is 20.2 Å². The van der Waals surface area contributed by atoms with Crippen molar-refractivity contribution in [2.75, 3.05) is 5.32 Å². The summed E-state index contributed by atoms with van der Waals surface area (Å²) in [5.41, 5.74) is 7.61. The summed E-state index contributed by atoms with van der Waals surface area (Å²) in [5, 5.41) is 3.32. The molecule has 0 spiro atoms. The fraction of sp³-hybridized carbons (Fsp3) is 0.111. The molecule has 1 aliphatic rings. The minimum absolute atomic E-state index is 0.113. The normalized spacial score (nSPS) is 13.6. The average Bonchev–Trinajstić information content (AvgIpc) is 2.99. The minimum Gasteiger partial charge on any atom is -0.353 e. The fourth-order valence-corrected chi connectivity index (χ4v) is 4.45. The molecule has 4 aromatic carbocycles. The molecule has 0 bridgehead atoms. The van der Waals surface area contributed by atoms with Crippen LogP contribution in [0.1, 0.15) is 25.0 Å². The van der Waals surface area contributed by atoms with Crippen molar-refractivity contribution < 1.29 is 8.78 Å². The SMILES string of the molecule is CC1(C)c2ccccc2-c2c(Nc3cc(-c4ccc(F)cc4)ccc3F)cccc21. The van der Waals surface area contributed by atoms with Crippen molar-refractivity contribution in [1.29, 1.82) is 0 Å². The zero-order valence-corrected chi connectivity index (χ0v) is 16.8. The van der Waals surface area contributed by atoms with Crippen molar-refractivity contribution in [3.63, 3.8) is 0 Å². The van der Waals surface area contributed by atoms with Gasteiger partial charge in [0.1, 0.15) is 11.6 Å². The van der Waals surface area contributed by atoms with Gasteiger partial charge in [-0.2, -0.15) is 0 Å². The van der Waals surface area contributed by atoms with Crippen molar-refractivity contribution >= 4 is 11.4 Å². The molecule has 0 aliphatic heterocycles. The fourth-order valence-electron chi connectivity index (χ4n) is 4.45. The Morgan fingerprint density at radius 2 is 1.37 bits per heavy atom. The molecule has 3 heteroatoms. The first-order valence-electron chi connectivity index (χ1n) is 10.0. The van der Waals surface area contributed by atoms with Gasteiger partial charge < -0.3 is 5.32 Å². The largest absolute Gasteiger partial charge is 0.353 e. The van der Waals surface area contributed by atoms with Gasteiger partial charge in [-0.3, -0.25) is 0 Å². The second kappa shape index (κ2) is 6.81. The molecule has 5 rings (SSSR count). The Kier molecular flexibility index (Phi) is 4.21. The van der Waals surface area contributed by atoms with E-state index in [1.54, 1.807) is 24.3 Å². The van der Waals surface area contributed by atoms with E-state index in [9.17, 15) is 8.78 Å². The highest BCUT2D eigenvalue weighted by Crippen LogP contribution is 2.51. The Bertz CT molecular complexity index is 1260. The molecule has 1 N–H and O–H groups in total. The van der Waals surface area contributed by atoms with Gasteiger partial charge in [0, 0.05) is 16.7 Å². The van der Waals surface area contributed by atoms with Gasteiger partial charge in [0.05, 0.1) is 5.69 Å². The van der Waals surface area contributed by atoms with Gasteiger partial charge in [0.2, 0.25) is 0 Å². The molecule has 0 atom stereocenters. The monoisotopic (exact) mass is 397 g/mol. The standard InChI is InChI=1S/C27H21F2N/c1-27(2)21-7-4-3-6-20(21)26-22(27)8-5-9-24(26)30-25-16-18(12-15-23(25)29)17-10-13-19(28)14-11-17/h3-16,30H,1-2H3. The summed E-state index contributed by atoms with van der Waals surface area (Å²) in [4.78, 5) is 0. The van der Waals surface area contributed by atoms with Crippen molar-refractivity contribution in [2.24, 2.45) is 0 Å². The lowest BCUT2D eigenvalue weighted by Gasteiger charge is -2.21. The molecule has 148 valence electrons. The molecule has 0 fully saturated rings. The predicted octanol–water partition coefficient (Wildman–Crippen LogP) is 7.68. The first-order chi connectivity index (χ1) is 14.4. The van der Waals surface area contributed by atoms with Gasteiger partial charge in [0.25, 0.3) is 0 Å². The number of halogens is 2. The van der Waals surface area contributed by atoms with Crippen LogP contribution in [0.5, 0.6) is 0 Å². The molecule has 30 heavy (non-hydrogen) atoms. The Morgan fingerprint density at radius 3 is 2.17 bits per heavy atom. The number of fused-ring (bicyclic) bond motifs is 3. The summed E-state index contributed by atoms with van der Waals surface area (Å²) in [6.07, 6.45) is 0. The highest BCUT2D eigenvalue weighted by molar-refractivity contribution is 5.91. The number of rotatable bonds is 3. The maximum absolute atomic E-state index is 14.7. The topological polar surface area (TPSA) is 12.0 Å².